The molecule has 1 amide bonds. The van der Waals surface area contributed by atoms with Gasteiger partial charge in [0.15, 0.2) is 5.78 Å². The smallest absolute Gasteiger partial charge is 0.237 e. The highest BCUT2D eigenvalue weighted by atomic mass is 35.5. The number of nitrogens with one attached hydrogen (secondary N) is 1. The first-order chi connectivity index (χ1) is 15.8. The van der Waals surface area contributed by atoms with E-state index in [0.717, 1.165) is 74.0 Å². The molecule has 1 N–H and O–H groups in total. The van der Waals surface area contributed by atoms with Gasteiger partial charge in [-0.05, 0) is 63.8 Å². The van der Waals surface area contributed by atoms with Gasteiger partial charge in [-0.2, -0.15) is 0 Å². The quantitative estimate of drug-likeness (QED) is 0.570. The summed E-state index contributed by atoms with van der Waals surface area (Å²) in [5.74, 6) is 0.307. The molecule has 0 radical (unpaired) electrons. The normalized spacial score (nSPS) is 18.3. The van der Waals surface area contributed by atoms with Crippen molar-refractivity contribution in [1.29, 1.82) is 0 Å². The lowest BCUT2D eigenvalue weighted by Gasteiger charge is -2.37. The number of ketones is 1. The molecule has 1 unspecified atom stereocenters. The molecular formula is C26H35ClN4O2. The van der Waals surface area contributed by atoms with Crippen molar-refractivity contribution in [3.05, 3.63) is 57.9 Å². The van der Waals surface area contributed by atoms with Gasteiger partial charge in [-0.25, -0.2) is 0 Å². The van der Waals surface area contributed by atoms with Crippen molar-refractivity contribution in [3.63, 3.8) is 0 Å². The lowest BCUT2D eigenvalue weighted by Crippen LogP contribution is -2.54. The van der Waals surface area contributed by atoms with Crippen molar-refractivity contribution in [2.75, 3.05) is 32.7 Å². The number of benzene rings is 1. The zero-order valence-electron chi connectivity index (χ0n) is 19.9. The van der Waals surface area contributed by atoms with E-state index in [1.165, 1.54) is 5.56 Å². The number of piperazine rings is 1. The van der Waals surface area contributed by atoms with Gasteiger partial charge in [0.2, 0.25) is 5.91 Å². The van der Waals surface area contributed by atoms with Crippen LogP contribution in [0.15, 0.2) is 30.3 Å². The number of hydrogen-bond donors (Lipinski definition) is 1. The molecule has 1 atom stereocenters. The number of Topliss-reactive ketones (excluding diaryl/α,β-unsaturated/α-hetero) is 1. The Balaban J connectivity index is 1.29. The van der Waals surface area contributed by atoms with E-state index in [-0.39, 0.29) is 17.7 Å². The number of aromatic nitrogens is 1. The molecule has 2 heterocycles. The van der Waals surface area contributed by atoms with Gasteiger partial charge < -0.3 is 9.88 Å². The second-order valence-electron chi connectivity index (χ2n) is 9.51. The highest BCUT2D eigenvalue weighted by molar-refractivity contribution is 6.30. The first-order valence-electron chi connectivity index (χ1n) is 12.0. The SMILES string of the molecule is Cc1cc(C(=O)CN2CCN(C(C)C(=O)NC3CC3)CC2)c(C)n1CCc1ccc(Cl)cc1. The molecule has 33 heavy (non-hydrogen) atoms. The van der Waals surface area contributed by atoms with Gasteiger partial charge in [-0.3, -0.25) is 19.4 Å². The van der Waals surface area contributed by atoms with Crippen LogP contribution in [-0.4, -0.2) is 70.9 Å². The minimum atomic E-state index is -0.108. The summed E-state index contributed by atoms with van der Waals surface area (Å²) in [6, 6.07) is 10.3. The molecule has 4 rings (SSSR count). The fourth-order valence-electron chi connectivity index (χ4n) is 4.63. The van der Waals surface area contributed by atoms with E-state index in [1.54, 1.807) is 0 Å². The molecular weight excluding hydrogens is 436 g/mol. The molecule has 0 bridgehead atoms. The lowest BCUT2D eigenvalue weighted by molar-refractivity contribution is -0.126. The van der Waals surface area contributed by atoms with Crippen LogP contribution >= 0.6 is 11.6 Å². The predicted molar refractivity (Wildman–Crippen MR) is 132 cm³/mol. The molecule has 6 nitrogen and oxygen atoms in total. The first kappa shape index (κ1) is 24.0. The van der Waals surface area contributed by atoms with Crippen LogP contribution in [0.4, 0.5) is 0 Å². The van der Waals surface area contributed by atoms with Crippen LogP contribution in [0.3, 0.4) is 0 Å². The average Bonchev–Trinajstić information content (AvgIpc) is 3.57. The number of aryl methyl sites for hydroxylation is 2. The van der Waals surface area contributed by atoms with Crippen molar-refractivity contribution >= 4 is 23.3 Å². The van der Waals surface area contributed by atoms with E-state index >= 15 is 0 Å². The number of carbonyl (C=O) groups is 2. The second-order valence-corrected chi connectivity index (χ2v) is 9.94. The first-order valence-corrected chi connectivity index (χ1v) is 12.4. The van der Waals surface area contributed by atoms with Crippen molar-refractivity contribution < 1.29 is 9.59 Å². The number of nitrogens with zero attached hydrogens (tertiary/aromatic N) is 3. The molecule has 2 aromatic rings. The van der Waals surface area contributed by atoms with Crippen LogP contribution < -0.4 is 5.32 Å². The van der Waals surface area contributed by atoms with Crippen molar-refractivity contribution in [2.24, 2.45) is 0 Å². The Labute approximate surface area is 201 Å². The largest absolute Gasteiger partial charge is 0.352 e. The zero-order chi connectivity index (χ0) is 23.5. The van der Waals surface area contributed by atoms with Crippen LogP contribution in [0.2, 0.25) is 5.02 Å². The fraction of sp³-hybridized carbons (Fsp3) is 0.538. The summed E-state index contributed by atoms with van der Waals surface area (Å²) in [7, 11) is 0. The summed E-state index contributed by atoms with van der Waals surface area (Å²) in [5.41, 5.74) is 4.21. The number of carbonyl (C=O) groups excluding carboxylic acids is 2. The van der Waals surface area contributed by atoms with Crippen molar-refractivity contribution in [3.8, 4) is 0 Å². The third-order valence-corrected chi connectivity index (χ3v) is 7.29. The van der Waals surface area contributed by atoms with Crippen LogP contribution in [0, 0.1) is 13.8 Å². The molecule has 178 valence electrons. The summed E-state index contributed by atoms with van der Waals surface area (Å²) in [4.78, 5) is 29.9. The number of rotatable bonds is 9. The second kappa shape index (κ2) is 10.4. The van der Waals surface area contributed by atoms with Gasteiger partial charge >= 0.3 is 0 Å². The van der Waals surface area contributed by atoms with Crippen LogP contribution in [0.25, 0.3) is 0 Å². The van der Waals surface area contributed by atoms with Gasteiger partial charge in [0.25, 0.3) is 0 Å². The lowest BCUT2D eigenvalue weighted by atomic mass is 10.1. The third-order valence-electron chi connectivity index (χ3n) is 7.04. The summed E-state index contributed by atoms with van der Waals surface area (Å²) in [6.07, 6.45) is 3.11. The maximum atomic E-state index is 13.1. The van der Waals surface area contributed by atoms with E-state index in [0.29, 0.717) is 12.6 Å². The van der Waals surface area contributed by atoms with Crippen LogP contribution in [0.5, 0.6) is 0 Å². The standard InChI is InChI=1S/C26H35ClN4O2/c1-18-16-24(19(2)31(18)11-10-21-4-6-22(27)7-5-21)25(32)17-29-12-14-30(15-13-29)20(3)26(33)28-23-8-9-23/h4-7,16,20,23H,8-15,17H2,1-3H3,(H,28,33). The summed E-state index contributed by atoms with van der Waals surface area (Å²) in [6.45, 7) is 10.6. The molecule has 1 saturated carbocycles. The Morgan fingerprint density at radius 1 is 1.09 bits per heavy atom. The van der Waals surface area contributed by atoms with Crippen LogP contribution in [-0.2, 0) is 17.8 Å². The minimum absolute atomic E-state index is 0.108. The monoisotopic (exact) mass is 470 g/mol. The third kappa shape index (κ3) is 6.05. The number of hydrogen-bond acceptors (Lipinski definition) is 4. The molecule has 0 spiro atoms. The van der Waals surface area contributed by atoms with E-state index in [1.807, 2.05) is 32.0 Å². The molecule has 1 aliphatic heterocycles. The molecule has 1 aromatic carbocycles. The molecule has 1 saturated heterocycles. The van der Waals surface area contributed by atoms with Gasteiger partial charge in [0.1, 0.15) is 0 Å². The highest BCUT2D eigenvalue weighted by Crippen LogP contribution is 2.20. The van der Waals surface area contributed by atoms with Gasteiger partial charge in [-0.1, -0.05) is 23.7 Å². The minimum Gasteiger partial charge on any atom is -0.352 e. The maximum Gasteiger partial charge on any atom is 0.237 e. The van der Waals surface area contributed by atoms with Gasteiger partial charge in [-0.15, -0.1) is 0 Å². The Kier molecular flexibility index (Phi) is 7.57. The van der Waals surface area contributed by atoms with Gasteiger partial charge in [0, 0.05) is 60.7 Å². The predicted octanol–water partition coefficient (Wildman–Crippen LogP) is 3.47. The highest BCUT2D eigenvalue weighted by Gasteiger charge is 2.30. The average molecular weight is 471 g/mol. The summed E-state index contributed by atoms with van der Waals surface area (Å²) < 4.78 is 2.24. The number of halogens is 1. The Morgan fingerprint density at radius 3 is 2.39 bits per heavy atom. The maximum absolute atomic E-state index is 13.1. The van der Waals surface area contributed by atoms with Crippen LogP contribution in [0.1, 0.15) is 47.1 Å². The van der Waals surface area contributed by atoms with E-state index in [2.05, 4.69) is 38.7 Å². The van der Waals surface area contributed by atoms with Crippen molar-refractivity contribution in [2.45, 2.75) is 58.7 Å². The molecule has 2 fully saturated rings. The zero-order valence-corrected chi connectivity index (χ0v) is 20.7. The van der Waals surface area contributed by atoms with Crippen molar-refractivity contribution in [1.82, 2.24) is 19.7 Å². The Bertz CT molecular complexity index is 988. The topological polar surface area (TPSA) is 57.6 Å². The fourth-order valence-corrected chi connectivity index (χ4v) is 4.76. The summed E-state index contributed by atoms with van der Waals surface area (Å²) in [5, 5.41) is 3.84. The molecule has 1 aliphatic carbocycles. The Hall–Kier alpha value is -2.15. The summed E-state index contributed by atoms with van der Waals surface area (Å²) >= 11 is 5.99. The van der Waals surface area contributed by atoms with E-state index in [4.69, 9.17) is 11.6 Å². The Morgan fingerprint density at radius 2 is 1.76 bits per heavy atom. The van der Waals surface area contributed by atoms with E-state index in [9.17, 15) is 9.59 Å². The molecule has 2 aliphatic rings. The number of amides is 1. The van der Waals surface area contributed by atoms with Gasteiger partial charge in [0.05, 0.1) is 12.6 Å². The molecule has 1 aromatic heterocycles. The van der Waals surface area contributed by atoms with E-state index < -0.39 is 0 Å². The molecule has 7 heteroatoms.